The monoisotopic (exact) mass is 285 g/mol. The molecule has 0 radical (unpaired) electrons. The van der Waals surface area contributed by atoms with Crippen molar-refractivity contribution in [2.24, 2.45) is 0 Å². The summed E-state index contributed by atoms with van der Waals surface area (Å²) in [6.07, 6.45) is 4.93. The molecular formula is C10H9Cl2N5O. The van der Waals surface area contributed by atoms with E-state index in [1.807, 2.05) is 0 Å². The van der Waals surface area contributed by atoms with E-state index in [4.69, 9.17) is 23.2 Å². The van der Waals surface area contributed by atoms with Crippen LogP contribution in [0, 0.1) is 0 Å². The number of rotatable bonds is 4. The van der Waals surface area contributed by atoms with E-state index in [-0.39, 0.29) is 28.3 Å². The van der Waals surface area contributed by atoms with E-state index in [2.05, 4.69) is 20.4 Å². The van der Waals surface area contributed by atoms with Gasteiger partial charge in [0.25, 0.3) is 0 Å². The number of nitrogens with zero attached hydrogens (tertiary/aromatic N) is 4. The second-order valence-electron chi connectivity index (χ2n) is 3.39. The number of hydrogen-bond donors (Lipinski definition) is 1. The van der Waals surface area contributed by atoms with E-state index in [0.717, 1.165) is 0 Å². The Morgan fingerprint density at radius 1 is 1.39 bits per heavy atom. The van der Waals surface area contributed by atoms with E-state index in [1.165, 1.54) is 6.33 Å². The van der Waals surface area contributed by atoms with Gasteiger partial charge in [-0.3, -0.25) is 9.48 Å². The minimum Gasteiger partial charge on any atom is -0.309 e. The number of carbonyl (C=O) groups excluding carboxylic acids is 1. The lowest BCUT2D eigenvalue weighted by Crippen LogP contribution is -2.16. The normalized spacial score (nSPS) is 10.3. The fourth-order valence-electron chi connectivity index (χ4n) is 1.28. The molecule has 2 heterocycles. The Labute approximate surface area is 113 Å². The van der Waals surface area contributed by atoms with Crippen molar-refractivity contribution in [2.45, 2.75) is 13.0 Å². The highest BCUT2D eigenvalue weighted by molar-refractivity contribution is 6.42. The summed E-state index contributed by atoms with van der Waals surface area (Å²) in [7, 11) is 0. The zero-order valence-electron chi connectivity index (χ0n) is 9.18. The van der Waals surface area contributed by atoms with Gasteiger partial charge in [0, 0.05) is 25.4 Å². The third kappa shape index (κ3) is 3.18. The summed E-state index contributed by atoms with van der Waals surface area (Å²) in [5.74, 6) is -0.00991. The molecule has 2 rings (SSSR count). The fraction of sp³-hybridized carbons (Fsp3) is 0.200. The molecule has 0 aliphatic rings. The summed E-state index contributed by atoms with van der Waals surface area (Å²) in [6, 6.07) is 1.79. The maximum atomic E-state index is 11.7. The summed E-state index contributed by atoms with van der Waals surface area (Å²) in [4.78, 5) is 19.2. The van der Waals surface area contributed by atoms with Crippen LogP contribution in [-0.2, 0) is 11.3 Å². The van der Waals surface area contributed by atoms with E-state index in [0.29, 0.717) is 6.54 Å². The molecule has 1 amide bonds. The molecule has 0 saturated heterocycles. The van der Waals surface area contributed by atoms with Crippen LogP contribution >= 0.6 is 23.2 Å². The van der Waals surface area contributed by atoms with Gasteiger partial charge in [-0.25, -0.2) is 9.97 Å². The van der Waals surface area contributed by atoms with Gasteiger partial charge in [-0.15, -0.1) is 0 Å². The summed E-state index contributed by atoms with van der Waals surface area (Å²) in [5, 5.41) is 6.79. The number of carbonyl (C=O) groups is 1. The van der Waals surface area contributed by atoms with Crippen molar-refractivity contribution in [3.8, 4) is 0 Å². The van der Waals surface area contributed by atoms with Crippen molar-refractivity contribution in [3.05, 3.63) is 35.0 Å². The van der Waals surface area contributed by atoms with Crippen LogP contribution in [0.2, 0.25) is 10.2 Å². The molecule has 2 aromatic heterocycles. The Morgan fingerprint density at radius 2 is 2.22 bits per heavy atom. The molecule has 1 N–H and O–H groups in total. The van der Waals surface area contributed by atoms with E-state index >= 15 is 0 Å². The molecule has 0 bridgehead atoms. The smallest absolute Gasteiger partial charge is 0.227 e. The predicted molar refractivity (Wildman–Crippen MR) is 67.5 cm³/mol. The SMILES string of the molecule is O=C(CCn1cccn1)Nc1ncnc(Cl)c1Cl. The average molecular weight is 286 g/mol. The first-order chi connectivity index (χ1) is 8.66. The molecule has 0 aliphatic heterocycles. The Hall–Kier alpha value is -1.66. The first-order valence-electron chi connectivity index (χ1n) is 5.10. The Balaban J connectivity index is 1.93. The zero-order chi connectivity index (χ0) is 13.0. The standard InChI is InChI=1S/C10H9Cl2N5O/c11-8-9(12)13-6-14-10(8)16-7(18)2-5-17-4-1-3-15-17/h1,3-4,6H,2,5H2,(H,13,14,16,18). The van der Waals surface area contributed by atoms with Gasteiger partial charge in [0.2, 0.25) is 5.91 Å². The van der Waals surface area contributed by atoms with Crippen LogP contribution < -0.4 is 5.32 Å². The molecule has 0 saturated carbocycles. The number of nitrogens with one attached hydrogen (secondary N) is 1. The molecule has 0 atom stereocenters. The molecule has 0 aromatic carbocycles. The number of halogens is 2. The summed E-state index contributed by atoms with van der Waals surface area (Å²) >= 11 is 11.6. The van der Waals surface area contributed by atoms with Crippen LogP contribution in [-0.4, -0.2) is 25.7 Å². The third-order valence-corrected chi connectivity index (χ3v) is 2.87. The quantitative estimate of drug-likeness (QED) is 0.872. The Morgan fingerprint density at radius 3 is 2.94 bits per heavy atom. The number of aromatic nitrogens is 4. The number of amides is 1. The molecule has 6 nitrogen and oxygen atoms in total. The van der Waals surface area contributed by atoms with Gasteiger partial charge in [-0.2, -0.15) is 5.10 Å². The highest BCUT2D eigenvalue weighted by Crippen LogP contribution is 2.25. The van der Waals surface area contributed by atoms with Crippen LogP contribution in [0.3, 0.4) is 0 Å². The minimum absolute atomic E-state index is 0.106. The number of aryl methyl sites for hydroxylation is 1. The van der Waals surface area contributed by atoms with Gasteiger partial charge in [0.05, 0.1) is 0 Å². The predicted octanol–water partition coefficient (Wildman–Crippen LogP) is 2.01. The van der Waals surface area contributed by atoms with Crippen molar-refractivity contribution >= 4 is 34.9 Å². The molecular weight excluding hydrogens is 277 g/mol. The fourth-order valence-corrected chi connectivity index (χ4v) is 1.56. The Kier molecular flexibility index (Phi) is 4.11. The molecule has 8 heteroatoms. The van der Waals surface area contributed by atoms with Gasteiger partial charge in [0.1, 0.15) is 11.3 Å². The first-order valence-corrected chi connectivity index (χ1v) is 5.85. The summed E-state index contributed by atoms with van der Waals surface area (Å²) < 4.78 is 1.66. The molecule has 0 aliphatic carbocycles. The Bertz CT molecular complexity index is 543. The highest BCUT2D eigenvalue weighted by Gasteiger charge is 2.10. The molecule has 0 fully saturated rings. The van der Waals surface area contributed by atoms with Gasteiger partial charge in [0.15, 0.2) is 11.0 Å². The van der Waals surface area contributed by atoms with Gasteiger partial charge in [-0.1, -0.05) is 23.2 Å². The largest absolute Gasteiger partial charge is 0.309 e. The van der Waals surface area contributed by atoms with Crippen LogP contribution in [0.1, 0.15) is 6.42 Å². The summed E-state index contributed by atoms with van der Waals surface area (Å²) in [6.45, 7) is 0.481. The van der Waals surface area contributed by atoms with Crippen molar-refractivity contribution in [3.63, 3.8) is 0 Å². The van der Waals surface area contributed by atoms with Crippen LogP contribution in [0.5, 0.6) is 0 Å². The minimum atomic E-state index is -0.220. The second kappa shape index (κ2) is 5.79. The van der Waals surface area contributed by atoms with Crippen LogP contribution in [0.4, 0.5) is 5.82 Å². The topological polar surface area (TPSA) is 72.7 Å². The maximum Gasteiger partial charge on any atom is 0.227 e. The highest BCUT2D eigenvalue weighted by atomic mass is 35.5. The lowest BCUT2D eigenvalue weighted by atomic mass is 10.4. The van der Waals surface area contributed by atoms with Crippen LogP contribution in [0.15, 0.2) is 24.8 Å². The first kappa shape index (κ1) is 12.8. The average Bonchev–Trinajstić information content (AvgIpc) is 2.86. The van der Waals surface area contributed by atoms with Crippen molar-refractivity contribution in [1.29, 1.82) is 0 Å². The number of anilines is 1. The van der Waals surface area contributed by atoms with Crippen molar-refractivity contribution < 1.29 is 4.79 Å². The zero-order valence-corrected chi connectivity index (χ0v) is 10.7. The van der Waals surface area contributed by atoms with Gasteiger partial charge >= 0.3 is 0 Å². The molecule has 2 aromatic rings. The van der Waals surface area contributed by atoms with Crippen molar-refractivity contribution in [1.82, 2.24) is 19.7 Å². The van der Waals surface area contributed by atoms with Crippen molar-refractivity contribution in [2.75, 3.05) is 5.32 Å². The lowest BCUT2D eigenvalue weighted by molar-refractivity contribution is -0.116. The van der Waals surface area contributed by atoms with E-state index in [1.54, 1.807) is 23.1 Å². The molecule has 18 heavy (non-hydrogen) atoms. The van der Waals surface area contributed by atoms with Gasteiger partial charge in [-0.05, 0) is 6.07 Å². The summed E-state index contributed by atoms with van der Waals surface area (Å²) in [5.41, 5.74) is 0. The molecule has 94 valence electrons. The maximum absolute atomic E-state index is 11.7. The van der Waals surface area contributed by atoms with E-state index in [9.17, 15) is 4.79 Å². The van der Waals surface area contributed by atoms with Crippen LogP contribution in [0.25, 0.3) is 0 Å². The number of hydrogen-bond acceptors (Lipinski definition) is 4. The molecule has 0 spiro atoms. The second-order valence-corrected chi connectivity index (χ2v) is 4.13. The van der Waals surface area contributed by atoms with E-state index < -0.39 is 0 Å². The third-order valence-electron chi connectivity index (χ3n) is 2.13. The van der Waals surface area contributed by atoms with Gasteiger partial charge < -0.3 is 5.32 Å². The molecule has 0 unspecified atom stereocenters. The lowest BCUT2D eigenvalue weighted by Gasteiger charge is -2.06.